The molecule has 0 heterocycles. The number of allylic oxidation sites excluding steroid dienone is 1. The number of amidine groups is 2. The first-order valence-corrected chi connectivity index (χ1v) is 5.09. The molecular weight excluding hydrogens is 226 g/mol. The average Bonchev–Trinajstić information content (AvgIpc) is 2.39. The molecule has 5 heteroatoms. The molecular formula is C13H13N5. The Morgan fingerprint density at radius 1 is 1.22 bits per heavy atom. The van der Waals surface area contributed by atoms with Gasteiger partial charge in [-0.15, -0.1) is 0 Å². The van der Waals surface area contributed by atoms with Gasteiger partial charge in [0.15, 0.2) is 11.7 Å². The van der Waals surface area contributed by atoms with Gasteiger partial charge in [-0.3, -0.25) is 5.41 Å². The highest BCUT2D eigenvalue weighted by atomic mass is 14.9. The van der Waals surface area contributed by atoms with E-state index in [1.54, 1.807) is 0 Å². The number of rotatable bonds is 2. The quantitative estimate of drug-likeness (QED) is 0.348. The maximum absolute atomic E-state index is 7.19. The number of benzene rings is 1. The Hall–Kier alpha value is -2.87. The number of nitrogens with two attached hydrogens (primary N) is 2. The first-order chi connectivity index (χ1) is 8.63. The predicted octanol–water partition coefficient (Wildman–Crippen LogP) is 0.865. The summed E-state index contributed by atoms with van der Waals surface area (Å²) in [4.78, 5) is 3.74. The summed E-state index contributed by atoms with van der Waals surface area (Å²) in [6.45, 7) is 0. The van der Waals surface area contributed by atoms with Crippen molar-refractivity contribution >= 4 is 17.9 Å². The van der Waals surface area contributed by atoms with Gasteiger partial charge in [0.25, 0.3) is 0 Å². The van der Waals surface area contributed by atoms with Crippen LogP contribution in [0, 0.1) is 22.7 Å². The molecule has 0 aromatic heterocycles. The fourth-order valence-electron chi connectivity index (χ4n) is 0.980. The van der Waals surface area contributed by atoms with Crippen molar-refractivity contribution in [2.24, 2.45) is 16.5 Å². The molecule has 0 amide bonds. The molecule has 0 fully saturated rings. The molecule has 0 aliphatic carbocycles. The Balaban J connectivity index is 2.90. The lowest BCUT2D eigenvalue weighted by Gasteiger charge is -1.93. The SMILES string of the molecule is N=C/C(C#Cc1ccccc1)=C\N=C(N)C(=N)N. The lowest BCUT2D eigenvalue weighted by Crippen LogP contribution is -2.29. The molecule has 0 bridgehead atoms. The Kier molecular flexibility index (Phi) is 4.88. The van der Waals surface area contributed by atoms with Crippen molar-refractivity contribution in [3.63, 3.8) is 0 Å². The number of nitrogens with one attached hydrogen (secondary N) is 2. The molecule has 0 spiro atoms. The fourth-order valence-corrected chi connectivity index (χ4v) is 0.980. The summed E-state index contributed by atoms with van der Waals surface area (Å²) >= 11 is 0. The number of aliphatic imine (C=N–C) groups is 1. The maximum Gasteiger partial charge on any atom is 0.165 e. The minimum Gasteiger partial charge on any atom is -0.381 e. The molecule has 1 aromatic carbocycles. The summed E-state index contributed by atoms with van der Waals surface area (Å²) < 4.78 is 0. The number of nitrogens with zero attached hydrogens (tertiary/aromatic N) is 1. The fraction of sp³-hybridized carbons (Fsp3) is 0. The molecule has 0 aliphatic heterocycles. The van der Waals surface area contributed by atoms with Crippen LogP contribution in [-0.4, -0.2) is 17.9 Å². The molecule has 0 aliphatic rings. The van der Waals surface area contributed by atoms with Crippen LogP contribution in [0.4, 0.5) is 0 Å². The van der Waals surface area contributed by atoms with E-state index in [0.717, 1.165) is 11.8 Å². The molecule has 90 valence electrons. The van der Waals surface area contributed by atoms with Crippen LogP contribution in [-0.2, 0) is 0 Å². The van der Waals surface area contributed by atoms with Crippen molar-refractivity contribution in [2.75, 3.05) is 0 Å². The van der Waals surface area contributed by atoms with Gasteiger partial charge in [-0.1, -0.05) is 30.0 Å². The van der Waals surface area contributed by atoms with E-state index in [0.29, 0.717) is 5.57 Å². The zero-order chi connectivity index (χ0) is 13.4. The van der Waals surface area contributed by atoms with E-state index >= 15 is 0 Å². The standard InChI is InChI=1S/C13H13N5/c14-8-11(9-18-13(17)12(15)16)7-6-10-4-2-1-3-5-10/h1-5,8-9,14H,(H3,15,16)(H2,17,18)/b11-9-,14-8?. The van der Waals surface area contributed by atoms with Crippen molar-refractivity contribution in [1.82, 2.24) is 0 Å². The molecule has 0 radical (unpaired) electrons. The largest absolute Gasteiger partial charge is 0.381 e. The van der Waals surface area contributed by atoms with E-state index in [4.69, 9.17) is 22.3 Å². The second-order valence-electron chi connectivity index (χ2n) is 3.27. The van der Waals surface area contributed by atoms with E-state index in [2.05, 4.69) is 16.8 Å². The van der Waals surface area contributed by atoms with E-state index in [9.17, 15) is 0 Å². The van der Waals surface area contributed by atoms with Gasteiger partial charge < -0.3 is 16.9 Å². The number of hydrogen-bond donors (Lipinski definition) is 4. The minimum atomic E-state index is -0.313. The van der Waals surface area contributed by atoms with Gasteiger partial charge in [0.05, 0.1) is 5.57 Å². The molecule has 0 saturated carbocycles. The van der Waals surface area contributed by atoms with Crippen LogP contribution in [0.1, 0.15) is 5.56 Å². The summed E-state index contributed by atoms with van der Waals surface area (Å²) in [7, 11) is 0. The van der Waals surface area contributed by atoms with E-state index in [1.807, 2.05) is 30.3 Å². The summed E-state index contributed by atoms with van der Waals surface area (Å²) in [5.74, 6) is 5.24. The maximum atomic E-state index is 7.19. The highest BCUT2D eigenvalue weighted by molar-refractivity contribution is 6.38. The molecule has 0 saturated heterocycles. The van der Waals surface area contributed by atoms with Crippen LogP contribution in [0.15, 0.2) is 47.1 Å². The third-order valence-electron chi connectivity index (χ3n) is 1.90. The molecule has 1 aromatic rings. The van der Waals surface area contributed by atoms with Crippen LogP contribution >= 0.6 is 0 Å². The lowest BCUT2D eigenvalue weighted by molar-refractivity contribution is 1.43. The Morgan fingerprint density at radius 2 is 1.89 bits per heavy atom. The summed E-state index contributed by atoms with van der Waals surface area (Å²) in [6.07, 6.45) is 2.37. The normalized spacial score (nSPS) is 11.3. The molecule has 6 N–H and O–H groups in total. The molecule has 5 nitrogen and oxygen atoms in total. The van der Waals surface area contributed by atoms with Crippen LogP contribution in [0.25, 0.3) is 0 Å². The summed E-state index contributed by atoms with van der Waals surface area (Å²) in [5.41, 5.74) is 11.7. The zero-order valence-electron chi connectivity index (χ0n) is 9.64. The smallest absolute Gasteiger partial charge is 0.165 e. The first kappa shape index (κ1) is 13.2. The Bertz CT molecular complexity index is 558. The Morgan fingerprint density at radius 3 is 2.44 bits per heavy atom. The predicted molar refractivity (Wildman–Crippen MR) is 73.7 cm³/mol. The summed E-state index contributed by atoms with van der Waals surface area (Å²) in [6, 6.07) is 9.38. The van der Waals surface area contributed by atoms with E-state index < -0.39 is 0 Å². The van der Waals surface area contributed by atoms with Crippen LogP contribution < -0.4 is 11.5 Å². The third kappa shape index (κ3) is 4.33. The average molecular weight is 239 g/mol. The van der Waals surface area contributed by atoms with Gasteiger partial charge in [-0.25, -0.2) is 4.99 Å². The second-order valence-corrected chi connectivity index (χ2v) is 3.27. The van der Waals surface area contributed by atoms with Crippen LogP contribution in [0.3, 0.4) is 0 Å². The van der Waals surface area contributed by atoms with Gasteiger partial charge in [-0.2, -0.15) is 0 Å². The number of hydrogen-bond acceptors (Lipinski definition) is 3. The van der Waals surface area contributed by atoms with Gasteiger partial charge in [0, 0.05) is 18.0 Å². The van der Waals surface area contributed by atoms with E-state index in [1.165, 1.54) is 6.20 Å². The third-order valence-corrected chi connectivity index (χ3v) is 1.90. The van der Waals surface area contributed by atoms with Crippen LogP contribution in [0.2, 0.25) is 0 Å². The zero-order valence-corrected chi connectivity index (χ0v) is 9.64. The molecule has 0 unspecified atom stereocenters. The molecule has 18 heavy (non-hydrogen) atoms. The lowest BCUT2D eigenvalue weighted by atomic mass is 10.2. The minimum absolute atomic E-state index is 0.101. The van der Waals surface area contributed by atoms with Gasteiger partial charge in [0.1, 0.15) is 0 Å². The van der Waals surface area contributed by atoms with Crippen molar-refractivity contribution in [3.05, 3.63) is 47.7 Å². The van der Waals surface area contributed by atoms with Crippen molar-refractivity contribution in [2.45, 2.75) is 0 Å². The van der Waals surface area contributed by atoms with Gasteiger partial charge in [-0.05, 0) is 12.1 Å². The van der Waals surface area contributed by atoms with Crippen molar-refractivity contribution in [1.29, 1.82) is 10.8 Å². The monoisotopic (exact) mass is 239 g/mol. The van der Waals surface area contributed by atoms with E-state index in [-0.39, 0.29) is 11.7 Å². The Labute approximate surface area is 105 Å². The van der Waals surface area contributed by atoms with Crippen LogP contribution in [0.5, 0.6) is 0 Å². The highest BCUT2D eigenvalue weighted by Crippen LogP contribution is 1.96. The topological polar surface area (TPSA) is 112 Å². The summed E-state index contributed by atoms with van der Waals surface area (Å²) in [5, 5.41) is 14.2. The highest BCUT2D eigenvalue weighted by Gasteiger charge is 1.93. The van der Waals surface area contributed by atoms with Gasteiger partial charge >= 0.3 is 0 Å². The first-order valence-electron chi connectivity index (χ1n) is 5.09. The van der Waals surface area contributed by atoms with Crippen molar-refractivity contribution < 1.29 is 0 Å². The van der Waals surface area contributed by atoms with Gasteiger partial charge in [0.2, 0.25) is 0 Å². The molecule has 1 rings (SSSR count). The molecule has 0 atom stereocenters. The second kappa shape index (κ2) is 6.66. The van der Waals surface area contributed by atoms with Crippen molar-refractivity contribution in [3.8, 4) is 11.8 Å².